The molecule has 4 atom stereocenters. The van der Waals surface area contributed by atoms with Crippen molar-refractivity contribution in [3.63, 3.8) is 0 Å². The van der Waals surface area contributed by atoms with Crippen molar-refractivity contribution in [3.8, 4) is 28.6 Å². The van der Waals surface area contributed by atoms with E-state index in [0.717, 1.165) is 0 Å². The molecule has 9 nitrogen and oxygen atoms in total. The number of aromatic hydroxyl groups is 2. The van der Waals surface area contributed by atoms with Crippen molar-refractivity contribution in [2.45, 2.75) is 24.4 Å². The first kappa shape index (κ1) is 20.2. The van der Waals surface area contributed by atoms with Crippen LogP contribution in [0.1, 0.15) is 11.7 Å². The van der Waals surface area contributed by atoms with Crippen LogP contribution in [0.4, 0.5) is 0 Å². The monoisotopic (exact) mass is 416 g/mol. The molecule has 5 N–H and O–H groups in total. The van der Waals surface area contributed by atoms with Crippen molar-refractivity contribution in [3.05, 3.63) is 52.2 Å². The number of rotatable bonds is 3. The zero-order valence-electron chi connectivity index (χ0n) is 15.8. The molecular formula is C21H20O9. The SMILES string of the molecule is COc1cc(O)c2c(=O)cc(-c3ccc(O)cc3)oc2c1[C@@H]1OC[C@H](O)[C@@H](O)[C@H]1O. The number of hydrogen-bond donors (Lipinski definition) is 5. The van der Waals surface area contributed by atoms with Crippen LogP contribution in [0.3, 0.4) is 0 Å². The highest BCUT2D eigenvalue weighted by Crippen LogP contribution is 2.43. The van der Waals surface area contributed by atoms with Crippen LogP contribution >= 0.6 is 0 Å². The summed E-state index contributed by atoms with van der Waals surface area (Å²) in [6, 6.07) is 8.34. The van der Waals surface area contributed by atoms with E-state index in [1.165, 1.54) is 31.4 Å². The zero-order chi connectivity index (χ0) is 21.6. The van der Waals surface area contributed by atoms with Gasteiger partial charge in [0.1, 0.15) is 52.8 Å². The Labute approximate surface area is 170 Å². The average molecular weight is 416 g/mol. The maximum Gasteiger partial charge on any atom is 0.197 e. The Balaban J connectivity index is 1.99. The van der Waals surface area contributed by atoms with E-state index in [1.807, 2.05) is 0 Å². The molecule has 1 aliphatic heterocycles. The van der Waals surface area contributed by atoms with Gasteiger partial charge in [0.05, 0.1) is 19.3 Å². The third-order valence-electron chi connectivity index (χ3n) is 5.14. The quantitative estimate of drug-likeness (QED) is 0.422. The predicted octanol–water partition coefficient (Wildman–Crippen LogP) is 1.03. The largest absolute Gasteiger partial charge is 0.508 e. The van der Waals surface area contributed by atoms with Gasteiger partial charge in [-0.2, -0.15) is 0 Å². The van der Waals surface area contributed by atoms with E-state index >= 15 is 0 Å². The second-order valence-electron chi connectivity index (χ2n) is 7.04. The Hall–Kier alpha value is -3.11. The van der Waals surface area contributed by atoms with Gasteiger partial charge in [-0.05, 0) is 24.3 Å². The van der Waals surface area contributed by atoms with Gasteiger partial charge >= 0.3 is 0 Å². The first-order valence-electron chi connectivity index (χ1n) is 9.14. The van der Waals surface area contributed by atoms with Gasteiger partial charge in [-0.25, -0.2) is 0 Å². The van der Waals surface area contributed by atoms with E-state index in [1.54, 1.807) is 12.1 Å². The molecule has 1 fully saturated rings. The fourth-order valence-electron chi connectivity index (χ4n) is 3.58. The number of fused-ring (bicyclic) bond motifs is 1. The Kier molecular flexibility index (Phi) is 5.12. The van der Waals surface area contributed by atoms with Crippen molar-refractivity contribution >= 4 is 11.0 Å². The van der Waals surface area contributed by atoms with Crippen LogP contribution in [0.15, 0.2) is 45.6 Å². The molecule has 9 heteroatoms. The molecule has 30 heavy (non-hydrogen) atoms. The topological polar surface area (TPSA) is 150 Å². The van der Waals surface area contributed by atoms with Crippen LogP contribution < -0.4 is 10.2 Å². The van der Waals surface area contributed by atoms with Crippen LogP contribution in [0.2, 0.25) is 0 Å². The maximum atomic E-state index is 12.8. The second kappa shape index (κ2) is 7.62. The van der Waals surface area contributed by atoms with Crippen molar-refractivity contribution < 1.29 is 39.4 Å². The molecule has 0 aliphatic carbocycles. The number of ether oxygens (including phenoxy) is 2. The van der Waals surface area contributed by atoms with Gasteiger partial charge in [-0.1, -0.05) is 0 Å². The Morgan fingerprint density at radius 3 is 2.40 bits per heavy atom. The van der Waals surface area contributed by atoms with Crippen LogP contribution in [0, 0.1) is 0 Å². The second-order valence-corrected chi connectivity index (χ2v) is 7.04. The van der Waals surface area contributed by atoms with Gasteiger partial charge in [0, 0.05) is 17.7 Å². The molecule has 0 radical (unpaired) electrons. The molecule has 2 heterocycles. The minimum Gasteiger partial charge on any atom is -0.508 e. The Morgan fingerprint density at radius 2 is 1.73 bits per heavy atom. The van der Waals surface area contributed by atoms with Gasteiger partial charge in [-0.15, -0.1) is 0 Å². The number of phenolic OH excluding ortho intramolecular Hbond substituents is 2. The van der Waals surface area contributed by atoms with E-state index < -0.39 is 29.8 Å². The fourth-order valence-corrected chi connectivity index (χ4v) is 3.58. The Bertz CT molecular complexity index is 1140. The summed E-state index contributed by atoms with van der Waals surface area (Å²) in [6.45, 7) is -0.268. The van der Waals surface area contributed by atoms with Gasteiger partial charge < -0.3 is 39.4 Å². The van der Waals surface area contributed by atoms with Crippen molar-refractivity contribution in [1.29, 1.82) is 0 Å². The highest BCUT2D eigenvalue weighted by atomic mass is 16.5. The lowest BCUT2D eigenvalue weighted by Crippen LogP contribution is -2.49. The summed E-state index contributed by atoms with van der Waals surface area (Å²) in [5.74, 6) is -0.137. The van der Waals surface area contributed by atoms with Gasteiger partial charge in [-0.3, -0.25) is 4.79 Å². The molecular weight excluding hydrogens is 396 g/mol. The Morgan fingerprint density at radius 1 is 1.03 bits per heavy atom. The molecule has 158 valence electrons. The minimum atomic E-state index is -1.54. The van der Waals surface area contributed by atoms with E-state index in [2.05, 4.69) is 0 Å². The van der Waals surface area contributed by atoms with Crippen molar-refractivity contribution in [2.24, 2.45) is 0 Å². The highest BCUT2D eigenvalue weighted by molar-refractivity contribution is 5.89. The third kappa shape index (κ3) is 3.27. The maximum absolute atomic E-state index is 12.8. The highest BCUT2D eigenvalue weighted by Gasteiger charge is 2.41. The molecule has 3 aromatic rings. The first-order valence-corrected chi connectivity index (χ1v) is 9.14. The summed E-state index contributed by atoms with van der Waals surface area (Å²) in [5.41, 5.74) is -0.0382. The third-order valence-corrected chi connectivity index (χ3v) is 5.14. The standard InChI is InChI=1S/C21H20O9/c1-28-15-7-12(24)16-11(23)6-14(9-2-4-10(22)5-3-9)30-20(16)17(15)21-19(27)18(26)13(25)8-29-21/h2-7,13,18-19,21-22,24-27H,8H2,1H3/t13-,18+,19+,21-/m0/s1. The summed E-state index contributed by atoms with van der Waals surface area (Å²) in [7, 11) is 1.33. The molecule has 2 aromatic carbocycles. The lowest BCUT2D eigenvalue weighted by atomic mass is 9.92. The molecule has 1 aliphatic rings. The number of phenols is 2. The lowest BCUT2D eigenvalue weighted by molar-refractivity contribution is -0.189. The summed E-state index contributed by atoms with van der Waals surface area (Å²) >= 11 is 0. The smallest absolute Gasteiger partial charge is 0.197 e. The van der Waals surface area contributed by atoms with E-state index in [-0.39, 0.29) is 46.1 Å². The molecule has 0 saturated carbocycles. The molecule has 4 rings (SSSR count). The lowest BCUT2D eigenvalue weighted by Gasteiger charge is -2.36. The zero-order valence-corrected chi connectivity index (χ0v) is 15.8. The van der Waals surface area contributed by atoms with Crippen LogP contribution in [0.25, 0.3) is 22.3 Å². The number of hydrogen-bond acceptors (Lipinski definition) is 9. The van der Waals surface area contributed by atoms with Gasteiger partial charge in [0.15, 0.2) is 11.0 Å². The summed E-state index contributed by atoms with van der Waals surface area (Å²) in [5, 5.41) is 50.1. The van der Waals surface area contributed by atoms with Gasteiger partial charge in [0.2, 0.25) is 0 Å². The molecule has 1 aromatic heterocycles. The normalized spacial score (nSPS) is 24.1. The summed E-state index contributed by atoms with van der Waals surface area (Å²) < 4.78 is 16.8. The molecule has 0 amide bonds. The predicted molar refractivity (Wildman–Crippen MR) is 105 cm³/mol. The molecule has 0 spiro atoms. The van der Waals surface area contributed by atoms with Crippen LogP contribution in [-0.2, 0) is 4.74 Å². The van der Waals surface area contributed by atoms with Crippen LogP contribution in [0.5, 0.6) is 17.2 Å². The van der Waals surface area contributed by atoms with Crippen molar-refractivity contribution in [2.75, 3.05) is 13.7 Å². The molecule has 1 saturated heterocycles. The van der Waals surface area contributed by atoms with E-state index in [0.29, 0.717) is 5.56 Å². The summed E-state index contributed by atoms with van der Waals surface area (Å²) in [4.78, 5) is 12.8. The van der Waals surface area contributed by atoms with Gasteiger partial charge in [0.25, 0.3) is 0 Å². The molecule has 0 bridgehead atoms. The van der Waals surface area contributed by atoms with Crippen LogP contribution in [-0.4, -0.2) is 57.6 Å². The number of aliphatic hydroxyl groups is 3. The minimum absolute atomic E-state index is 0.0353. The fraction of sp³-hybridized carbons (Fsp3) is 0.286. The molecule has 0 unspecified atom stereocenters. The average Bonchev–Trinajstić information content (AvgIpc) is 2.72. The van der Waals surface area contributed by atoms with Crippen molar-refractivity contribution in [1.82, 2.24) is 0 Å². The summed E-state index contributed by atoms with van der Waals surface area (Å²) in [6.07, 6.45) is -5.52. The number of benzene rings is 2. The number of methoxy groups -OCH3 is 1. The van der Waals surface area contributed by atoms with E-state index in [9.17, 15) is 30.3 Å². The first-order chi connectivity index (χ1) is 14.3. The number of aliphatic hydroxyl groups excluding tert-OH is 3. The van der Waals surface area contributed by atoms with E-state index in [4.69, 9.17) is 13.9 Å².